The Morgan fingerprint density at radius 1 is 0.959 bits per heavy atom. The Balaban J connectivity index is 0.00000127. The summed E-state index contributed by atoms with van der Waals surface area (Å²) < 4.78 is 42.4. The second-order valence-corrected chi connectivity index (χ2v) is 10.3. The van der Waals surface area contributed by atoms with Crippen molar-refractivity contribution < 1.29 is 66.8 Å². The summed E-state index contributed by atoms with van der Waals surface area (Å²) in [4.78, 5) is 57.2. The lowest BCUT2D eigenvalue weighted by Crippen LogP contribution is -2.44. The quantitative estimate of drug-likeness (QED) is 0.0632. The lowest BCUT2D eigenvalue weighted by atomic mass is 10.0. The number of rotatable bonds is 16. The van der Waals surface area contributed by atoms with Gasteiger partial charge in [0.15, 0.2) is 6.10 Å². The van der Waals surface area contributed by atoms with Gasteiger partial charge in [-0.25, -0.2) is 24.2 Å². The molecule has 3 N–H and O–H groups in total. The van der Waals surface area contributed by atoms with E-state index in [0.717, 1.165) is 12.0 Å². The van der Waals surface area contributed by atoms with Crippen molar-refractivity contribution >= 4 is 29.9 Å². The number of amides is 1. The van der Waals surface area contributed by atoms with Gasteiger partial charge in [-0.15, -0.1) is 0 Å². The molecule has 272 valence electrons. The number of esters is 2. The maximum atomic E-state index is 12.8. The Morgan fingerprint density at radius 3 is 2.35 bits per heavy atom. The molecule has 0 bridgehead atoms. The maximum absolute atomic E-state index is 12.8. The highest BCUT2D eigenvalue weighted by Gasteiger charge is 2.38. The molecule has 0 spiro atoms. The molecule has 0 aliphatic carbocycles. The lowest BCUT2D eigenvalue weighted by Gasteiger charge is -2.32. The van der Waals surface area contributed by atoms with Crippen LogP contribution in [-0.2, 0) is 54.4 Å². The van der Waals surface area contributed by atoms with E-state index in [-0.39, 0.29) is 44.1 Å². The van der Waals surface area contributed by atoms with Gasteiger partial charge < -0.3 is 43.6 Å². The van der Waals surface area contributed by atoms with Gasteiger partial charge in [-0.2, -0.15) is 0 Å². The largest absolute Gasteiger partial charge is 0.514 e. The van der Waals surface area contributed by atoms with Gasteiger partial charge >= 0.3 is 24.2 Å². The number of carbonyl (C=O) groups excluding carboxylic acids is 4. The number of hydrogen-bond acceptors (Lipinski definition) is 15. The van der Waals surface area contributed by atoms with Crippen LogP contribution in [0.15, 0.2) is 42.5 Å². The van der Waals surface area contributed by atoms with Crippen molar-refractivity contribution in [2.24, 2.45) is 5.73 Å². The molecule has 1 fully saturated rings. The number of nitrogens with one attached hydrogen (secondary N) is 1. The molecule has 0 saturated carbocycles. The van der Waals surface area contributed by atoms with E-state index in [9.17, 15) is 19.2 Å². The van der Waals surface area contributed by atoms with E-state index < -0.39 is 42.7 Å². The van der Waals surface area contributed by atoms with Crippen LogP contribution in [0.5, 0.6) is 11.5 Å². The van der Waals surface area contributed by atoms with Gasteiger partial charge in [0.2, 0.25) is 6.29 Å². The molecule has 3 rings (SSSR count). The Bertz CT molecular complexity index is 1300. The molecule has 0 radical (unpaired) electrons. The van der Waals surface area contributed by atoms with Gasteiger partial charge in [0.25, 0.3) is 0 Å². The summed E-state index contributed by atoms with van der Waals surface area (Å²) in [5.41, 5.74) is 7.22. The number of methoxy groups -OCH3 is 1. The highest BCUT2D eigenvalue weighted by atomic mass is 17.2. The van der Waals surface area contributed by atoms with E-state index in [2.05, 4.69) is 15.1 Å². The van der Waals surface area contributed by atoms with Crippen LogP contribution in [0.25, 0.3) is 0 Å². The topological polar surface area (TPSA) is 199 Å². The zero-order valence-corrected chi connectivity index (χ0v) is 28.4. The molecular weight excluding hydrogens is 648 g/mol. The monoisotopic (exact) mass is 694 g/mol. The van der Waals surface area contributed by atoms with E-state index in [1.54, 1.807) is 36.4 Å². The Labute approximate surface area is 285 Å². The fourth-order valence-electron chi connectivity index (χ4n) is 4.11. The van der Waals surface area contributed by atoms with Gasteiger partial charge in [-0.1, -0.05) is 30.7 Å². The van der Waals surface area contributed by atoms with Gasteiger partial charge in [-0.05, 0) is 43.2 Å². The summed E-state index contributed by atoms with van der Waals surface area (Å²) in [7, 11) is 2.70. The normalized spacial score (nSPS) is 16.7. The highest BCUT2D eigenvalue weighted by Crippen LogP contribution is 2.28. The number of aryl methyl sites for hydroxylation is 1. The minimum atomic E-state index is -1.21. The summed E-state index contributed by atoms with van der Waals surface area (Å²) in [5, 5.41) is 2.57. The van der Waals surface area contributed by atoms with Crippen molar-refractivity contribution in [3.8, 4) is 11.5 Å². The van der Waals surface area contributed by atoms with Crippen molar-refractivity contribution in [3.63, 3.8) is 0 Å². The molecule has 49 heavy (non-hydrogen) atoms. The minimum absolute atomic E-state index is 0.0112. The number of benzene rings is 2. The van der Waals surface area contributed by atoms with Gasteiger partial charge in [0, 0.05) is 26.3 Å². The van der Waals surface area contributed by atoms with Crippen LogP contribution in [-0.4, -0.2) is 89.9 Å². The van der Waals surface area contributed by atoms with Crippen LogP contribution in [0, 0.1) is 6.92 Å². The number of anilines is 1. The second kappa shape index (κ2) is 23.0. The van der Waals surface area contributed by atoms with Crippen LogP contribution in [0.2, 0.25) is 0 Å². The van der Waals surface area contributed by atoms with E-state index in [0.29, 0.717) is 31.1 Å². The van der Waals surface area contributed by atoms with Crippen molar-refractivity contribution in [2.45, 2.75) is 65.1 Å². The highest BCUT2D eigenvalue weighted by molar-refractivity contribution is 5.87. The summed E-state index contributed by atoms with van der Waals surface area (Å²) >= 11 is 0. The van der Waals surface area contributed by atoms with Crippen molar-refractivity contribution in [1.82, 2.24) is 0 Å². The summed E-state index contributed by atoms with van der Waals surface area (Å²) in [6.45, 7) is 6.77. The SMILES string of the molecule is CCCOOC.COC(=O)C1CC(OC(C)=O)CC(OC(=O)Nc2ccc(COC(=O)Oc3ccc(C)cc3)cc2OCCOCCN)O1. The smallest absolute Gasteiger partial charge is 0.489 e. The van der Waals surface area contributed by atoms with Crippen LogP contribution in [0.4, 0.5) is 15.3 Å². The summed E-state index contributed by atoms with van der Waals surface area (Å²) in [6.07, 6.45) is -3.76. The lowest BCUT2D eigenvalue weighted by molar-refractivity contribution is -0.272. The molecule has 2 aromatic rings. The fraction of sp³-hybridized carbons (Fsp3) is 0.515. The van der Waals surface area contributed by atoms with Gasteiger partial charge in [-0.3, -0.25) is 10.1 Å². The molecule has 3 atom stereocenters. The van der Waals surface area contributed by atoms with E-state index in [1.165, 1.54) is 27.2 Å². The van der Waals surface area contributed by atoms with Crippen LogP contribution >= 0.6 is 0 Å². The van der Waals surface area contributed by atoms with Crippen molar-refractivity contribution in [3.05, 3.63) is 53.6 Å². The Kier molecular flexibility index (Phi) is 19.1. The molecular formula is C33H46N2O14. The molecule has 1 heterocycles. The Hall–Kier alpha value is -4.48. The first-order chi connectivity index (χ1) is 23.6. The van der Waals surface area contributed by atoms with E-state index >= 15 is 0 Å². The fourth-order valence-corrected chi connectivity index (χ4v) is 4.11. The standard InChI is InChI=1S/C29H36N2O12.C4H10O2/c1-18-4-7-21(8-5-18)41-29(35)39-17-20-6-9-23(24(14-20)38-13-12-37-11-10-30)31-28(34)43-26-16-22(40-19(2)32)15-25(42-26)27(33)36-3;1-3-4-6-5-2/h4-9,14,22,25-26H,10-13,15-17,30H2,1-3H3,(H,31,34);3-4H2,1-2H3. The molecule has 3 unspecified atom stereocenters. The molecule has 16 heteroatoms. The first kappa shape index (κ1) is 40.7. The average Bonchev–Trinajstić information content (AvgIpc) is 3.07. The molecule has 1 aliphatic heterocycles. The van der Waals surface area contributed by atoms with Crippen molar-refractivity contribution in [2.75, 3.05) is 52.5 Å². The third-order valence-corrected chi connectivity index (χ3v) is 6.30. The average molecular weight is 695 g/mol. The summed E-state index contributed by atoms with van der Waals surface area (Å²) in [6, 6.07) is 11.6. The van der Waals surface area contributed by atoms with Gasteiger partial charge in [0.1, 0.15) is 30.8 Å². The molecule has 1 aliphatic rings. The predicted molar refractivity (Wildman–Crippen MR) is 173 cm³/mol. The first-order valence-electron chi connectivity index (χ1n) is 15.6. The molecule has 1 saturated heterocycles. The number of carbonyl (C=O) groups is 4. The maximum Gasteiger partial charge on any atom is 0.514 e. The third kappa shape index (κ3) is 16.5. The van der Waals surface area contributed by atoms with Crippen LogP contribution < -0.4 is 20.5 Å². The minimum Gasteiger partial charge on any atom is -0.489 e. The van der Waals surface area contributed by atoms with Gasteiger partial charge in [0.05, 0.1) is 39.7 Å². The molecule has 0 aromatic heterocycles. The van der Waals surface area contributed by atoms with Crippen LogP contribution in [0.3, 0.4) is 0 Å². The number of nitrogens with two attached hydrogens (primary N) is 1. The molecule has 1 amide bonds. The molecule has 2 aromatic carbocycles. The zero-order chi connectivity index (χ0) is 36.0. The predicted octanol–water partition coefficient (Wildman–Crippen LogP) is 4.20. The number of ether oxygens (including phenoxy) is 8. The zero-order valence-electron chi connectivity index (χ0n) is 28.4. The Morgan fingerprint density at radius 2 is 1.71 bits per heavy atom. The summed E-state index contributed by atoms with van der Waals surface area (Å²) in [5.74, 6) is -0.673. The van der Waals surface area contributed by atoms with E-state index in [4.69, 9.17) is 43.6 Å². The first-order valence-corrected chi connectivity index (χ1v) is 15.6. The van der Waals surface area contributed by atoms with Crippen molar-refractivity contribution in [1.29, 1.82) is 0 Å². The molecule has 16 nitrogen and oxygen atoms in total. The van der Waals surface area contributed by atoms with Crippen LogP contribution in [0.1, 0.15) is 44.2 Å². The number of hydrogen-bond donors (Lipinski definition) is 2. The van der Waals surface area contributed by atoms with E-state index in [1.807, 2.05) is 13.8 Å². The third-order valence-electron chi connectivity index (χ3n) is 6.30. The second-order valence-electron chi connectivity index (χ2n) is 10.3.